The van der Waals surface area contributed by atoms with Crippen LogP contribution in [0.4, 0.5) is 0 Å². The zero-order chi connectivity index (χ0) is 16.9. The molecule has 5 nitrogen and oxygen atoms in total. The van der Waals surface area contributed by atoms with E-state index in [0.29, 0.717) is 26.1 Å². The first-order valence-electron chi connectivity index (χ1n) is 8.29. The van der Waals surface area contributed by atoms with Gasteiger partial charge in [-0.3, -0.25) is 9.59 Å². The van der Waals surface area contributed by atoms with E-state index in [1.807, 2.05) is 48.2 Å². The highest BCUT2D eigenvalue weighted by Crippen LogP contribution is 2.18. The molecule has 24 heavy (non-hydrogen) atoms. The molecule has 0 radical (unpaired) electrons. The van der Waals surface area contributed by atoms with Crippen LogP contribution in [0.15, 0.2) is 53.3 Å². The van der Waals surface area contributed by atoms with E-state index in [2.05, 4.69) is 0 Å². The molecule has 1 fully saturated rings. The predicted molar refractivity (Wildman–Crippen MR) is 92.1 cm³/mol. The molecule has 0 unspecified atom stereocenters. The first kappa shape index (κ1) is 16.3. The van der Waals surface area contributed by atoms with Gasteiger partial charge in [-0.15, -0.1) is 0 Å². The van der Waals surface area contributed by atoms with Crippen LogP contribution in [0.2, 0.25) is 0 Å². The van der Waals surface area contributed by atoms with Crippen molar-refractivity contribution >= 4 is 5.91 Å². The number of likely N-dealkylation sites (tertiary alicyclic amines) is 1. The van der Waals surface area contributed by atoms with Gasteiger partial charge in [0.15, 0.2) is 0 Å². The molecule has 2 aromatic rings. The monoisotopic (exact) mass is 326 g/mol. The van der Waals surface area contributed by atoms with Crippen LogP contribution in [0.1, 0.15) is 18.5 Å². The van der Waals surface area contributed by atoms with Gasteiger partial charge in [-0.05, 0) is 25.1 Å². The maximum Gasteiger partial charge on any atom is 0.250 e. The van der Waals surface area contributed by atoms with Gasteiger partial charge in [-0.2, -0.15) is 0 Å². The van der Waals surface area contributed by atoms with Crippen LogP contribution in [0, 0.1) is 6.92 Å². The van der Waals surface area contributed by atoms with Gasteiger partial charge in [0.05, 0.1) is 6.54 Å². The standard InChI is InChI=1S/C19H22N2O3/c1-15-6-5-9-19(23)21(15)13-11-18(22)20-12-10-17(14-20)24-16-7-3-2-4-8-16/h2-9,17H,10-14H2,1H3/t17-/m0/s1. The number of carbonyl (C=O) groups excluding carboxylic acids is 1. The van der Waals surface area contributed by atoms with Crippen molar-refractivity contribution < 1.29 is 9.53 Å². The molecule has 5 heteroatoms. The topological polar surface area (TPSA) is 51.5 Å². The lowest BCUT2D eigenvalue weighted by Crippen LogP contribution is -2.32. The quantitative estimate of drug-likeness (QED) is 0.846. The Kier molecular flexibility index (Phi) is 4.99. The van der Waals surface area contributed by atoms with Crippen molar-refractivity contribution in [3.63, 3.8) is 0 Å². The Morgan fingerprint density at radius 3 is 2.71 bits per heavy atom. The van der Waals surface area contributed by atoms with Crippen molar-refractivity contribution in [3.05, 3.63) is 64.6 Å². The van der Waals surface area contributed by atoms with E-state index in [9.17, 15) is 9.59 Å². The lowest BCUT2D eigenvalue weighted by Gasteiger charge is -2.18. The number of para-hydroxylation sites is 1. The Balaban J connectivity index is 1.52. The average Bonchev–Trinajstić information content (AvgIpc) is 3.04. The Morgan fingerprint density at radius 2 is 1.96 bits per heavy atom. The summed E-state index contributed by atoms with van der Waals surface area (Å²) < 4.78 is 7.55. The maximum atomic E-state index is 12.4. The minimum absolute atomic E-state index is 0.0394. The number of amides is 1. The van der Waals surface area contributed by atoms with Crippen LogP contribution in [0.5, 0.6) is 5.75 Å². The largest absolute Gasteiger partial charge is 0.489 e. The number of carbonyl (C=O) groups is 1. The molecule has 126 valence electrons. The third kappa shape index (κ3) is 3.85. The summed E-state index contributed by atoms with van der Waals surface area (Å²) in [5.41, 5.74) is 0.816. The Morgan fingerprint density at radius 1 is 1.17 bits per heavy atom. The summed E-state index contributed by atoms with van der Waals surface area (Å²) >= 11 is 0. The number of pyridine rings is 1. The molecular formula is C19H22N2O3. The molecule has 0 saturated carbocycles. The molecule has 1 aliphatic rings. The summed E-state index contributed by atoms with van der Waals surface area (Å²) in [4.78, 5) is 26.1. The van der Waals surface area contributed by atoms with Gasteiger partial charge >= 0.3 is 0 Å². The molecule has 0 aliphatic carbocycles. The minimum Gasteiger partial charge on any atom is -0.489 e. The molecule has 1 aromatic carbocycles. The molecule has 2 heterocycles. The van der Waals surface area contributed by atoms with Crippen LogP contribution >= 0.6 is 0 Å². The van der Waals surface area contributed by atoms with E-state index in [1.165, 1.54) is 6.07 Å². The first-order valence-corrected chi connectivity index (χ1v) is 8.29. The van der Waals surface area contributed by atoms with Gasteiger partial charge < -0.3 is 14.2 Å². The highest BCUT2D eigenvalue weighted by atomic mass is 16.5. The van der Waals surface area contributed by atoms with Gasteiger partial charge in [0.25, 0.3) is 5.56 Å². The van der Waals surface area contributed by atoms with Crippen LogP contribution in [0.25, 0.3) is 0 Å². The number of nitrogens with zero attached hydrogens (tertiary/aromatic N) is 2. The fraction of sp³-hybridized carbons (Fsp3) is 0.368. The number of rotatable bonds is 5. The van der Waals surface area contributed by atoms with E-state index < -0.39 is 0 Å². The summed E-state index contributed by atoms with van der Waals surface area (Å²) in [5, 5.41) is 0. The first-order chi connectivity index (χ1) is 11.6. The molecule has 1 amide bonds. The average molecular weight is 326 g/mol. The fourth-order valence-corrected chi connectivity index (χ4v) is 3.02. The van der Waals surface area contributed by atoms with Crippen molar-refractivity contribution in [3.8, 4) is 5.75 Å². The second-order valence-corrected chi connectivity index (χ2v) is 6.09. The summed E-state index contributed by atoms with van der Waals surface area (Å²) in [6.45, 7) is 3.62. The fourth-order valence-electron chi connectivity index (χ4n) is 3.02. The van der Waals surface area contributed by atoms with Gasteiger partial charge in [-0.1, -0.05) is 24.3 Å². The Hall–Kier alpha value is -2.56. The molecule has 0 bridgehead atoms. The molecule has 3 rings (SSSR count). The number of hydrogen-bond acceptors (Lipinski definition) is 3. The smallest absolute Gasteiger partial charge is 0.250 e. The molecule has 0 spiro atoms. The highest BCUT2D eigenvalue weighted by molar-refractivity contribution is 5.76. The molecule has 1 aromatic heterocycles. The zero-order valence-electron chi connectivity index (χ0n) is 13.9. The molecule has 1 aliphatic heterocycles. The van der Waals surface area contributed by atoms with Gasteiger partial charge in [0.2, 0.25) is 5.91 Å². The molecule has 0 N–H and O–H groups in total. The summed E-state index contributed by atoms with van der Waals surface area (Å²) in [5.74, 6) is 0.910. The van der Waals surface area contributed by atoms with Crippen molar-refractivity contribution in [1.29, 1.82) is 0 Å². The van der Waals surface area contributed by atoms with E-state index in [0.717, 1.165) is 17.9 Å². The van der Waals surface area contributed by atoms with E-state index in [4.69, 9.17) is 4.74 Å². The predicted octanol–water partition coefficient (Wildman–Crippen LogP) is 2.23. The summed E-state index contributed by atoms with van der Waals surface area (Å²) in [6.07, 6.45) is 1.21. The van der Waals surface area contributed by atoms with E-state index >= 15 is 0 Å². The highest BCUT2D eigenvalue weighted by Gasteiger charge is 2.27. The number of aromatic nitrogens is 1. The molecular weight excluding hydrogens is 304 g/mol. The number of ether oxygens (including phenoxy) is 1. The van der Waals surface area contributed by atoms with Crippen molar-refractivity contribution in [1.82, 2.24) is 9.47 Å². The van der Waals surface area contributed by atoms with E-state index in [-0.39, 0.29) is 17.6 Å². The lowest BCUT2D eigenvalue weighted by atomic mass is 10.3. The molecule has 1 saturated heterocycles. The van der Waals surface area contributed by atoms with Gasteiger partial charge in [0.1, 0.15) is 11.9 Å². The number of benzene rings is 1. The third-order valence-corrected chi connectivity index (χ3v) is 4.36. The molecule has 1 atom stereocenters. The van der Waals surface area contributed by atoms with Gasteiger partial charge in [0, 0.05) is 37.7 Å². The number of aryl methyl sites for hydroxylation is 1. The van der Waals surface area contributed by atoms with Crippen LogP contribution in [-0.2, 0) is 11.3 Å². The lowest BCUT2D eigenvalue weighted by molar-refractivity contribution is -0.130. The summed E-state index contributed by atoms with van der Waals surface area (Å²) in [6, 6.07) is 14.8. The normalized spacial score (nSPS) is 17.0. The number of hydrogen-bond donors (Lipinski definition) is 0. The van der Waals surface area contributed by atoms with Crippen molar-refractivity contribution in [2.24, 2.45) is 0 Å². The van der Waals surface area contributed by atoms with Gasteiger partial charge in [-0.25, -0.2) is 0 Å². The van der Waals surface area contributed by atoms with E-state index in [1.54, 1.807) is 10.6 Å². The zero-order valence-corrected chi connectivity index (χ0v) is 13.9. The van der Waals surface area contributed by atoms with Crippen molar-refractivity contribution in [2.45, 2.75) is 32.4 Å². The second-order valence-electron chi connectivity index (χ2n) is 6.09. The third-order valence-electron chi connectivity index (χ3n) is 4.36. The minimum atomic E-state index is -0.0606. The van der Waals surface area contributed by atoms with Crippen LogP contribution in [0.3, 0.4) is 0 Å². The van der Waals surface area contributed by atoms with Crippen LogP contribution < -0.4 is 10.3 Å². The maximum absolute atomic E-state index is 12.4. The van der Waals surface area contributed by atoms with Crippen LogP contribution in [-0.4, -0.2) is 34.6 Å². The Labute approximate surface area is 141 Å². The second kappa shape index (κ2) is 7.34. The van der Waals surface area contributed by atoms with Crippen molar-refractivity contribution in [2.75, 3.05) is 13.1 Å². The Bertz CT molecular complexity index is 755. The summed E-state index contributed by atoms with van der Waals surface area (Å²) in [7, 11) is 0. The SMILES string of the molecule is Cc1cccc(=O)n1CCC(=O)N1CC[C@H](Oc2ccccc2)C1.